The Morgan fingerprint density at radius 1 is 1.27 bits per heavy atom. The average molecular weight is 301 g/mol. The molecule has 0 fully saturated rings. The van der Waals surface area contributed by atoms with Gasteiger partial charge in [-0.2, -0.15) is 0 Å². The number of urea groups is 1. The molecule has 0 saturated heterocycles. The first kappa shape index (κ1) is 15.6. The number of amides is 3. The van der Waals surface area contributed by atoms with Gasteiger partial charge >= 0.3 is 6.03 Å². The van der Waals surface area contributed by atoms with Gasteiger partial charge in [0.05, 0.1) is 25.0 Å². The van der Waals surface area contributed by atoms with Gasteiger partial charge in [-0.3, -0.25) is 4.79 Å². The minimum Gasteiger partial charge on any atom is -0.472 e. The van der Waals surface area contributed by atoms with E-state index in [9.17, 15) is 9.59 Å². The molecule has 1 aromatic heterocycles. The minimum absolute atomic E-state index is 0.117. The van der Waals surface area contributed by atoms with Gasteiger partial charge in [-0.05, 0) is 24.1 Å². The third kappa shape index (κ3) is 4.37. The highest BCUT2D eigenvalue weighted by Gasteiger charge is 2.18. The van der Waals surface area contributed by atoms with E-state index < -0.39 is 12.1 Å². The molecule has 0 spiro atoms. The van der Waals surface area contributed by atoms with Crippen LogP contribution < -0.4 is 16.4 Å². The maximum absolute atomic E-state index is 12.1. The Kier molecular flexibility index (Phi) is 5.19. The van der Waals surface area contributed by atoms with Gasteiger partial charge in [0.25, 0.3) is 0 Å². The zero-order valence-electron chi connectivity index (χ0n) is 12.3. The smallest absolute Gasteiger partial charge is 0.312 e. The molecule has 3 amide bonds. The molecule has 6 nitrogen and oxygen atoms in total. The van der Waals surface area contributed by atoms with Crippen molar-refractivity contribution in [2.24, 2.45) is 5.73 Å². The lowest BCUT2D eigenvalue weighted by Gasteiger charge is -2.19. The highest BCUT2D eigenvalue weighted by atomic mass is 16.3. The van der Waals surface area contributed by atoms with Crippen LogP contribution in [0.1, 0.15) is 29.2 Å². The van der Waals surface area contributed by atoms with Crippen molar-refractivity contribution in [3.63, 3.8) is 0 Å². The summed E-state index contributed by atoms with van der Waals surface area (Å²) in [6, 6.07) is 8.23. The fraction of sp³-hybridized carbons (Fsp3) is 0.250. The number of nitrogens with two attached hydrogens (primary N) is 1. The average Bonchev–Trinajstić information content (AvgIpc) is 2.98. The number of benzene rings is 1. The van der Waals surface area contributed by atoms with Crippen LogP contribution in [-0.2, 0) is 11.3 Å². The summed E-state index contributed by atoms with van der Waals surface area (Å²) >= 11 is 0. The van der Waals surface area contributed by atoms with Crippen molar-refractivity contribution in [3.05, 3.63) is 59.5 Å². The third-order valence-electron chi connectivity index (χ3n) is 3.34. The van der Waals surface area contributed by atoms with E-state index in [1.807, 2.05) is 31.2 Å². The van der Waals surface area contributed by atoms with Crippen LogP contribution >= 0.6 is 0 Å². The molecule has 1 aromatic carbocycles. The number of hydrogen-bond acceptors (Lipinski definition) is 3. The molecular weight excluding hydrogens is 282 g/mol. The lowest BCUT2D eigenvalue weighted by molar-refractivity contribution is -0.121. The van der Waals surface area contributed by atoms with E-state index in [1.54, 1.807) is 18.6 Å². The summed E-state index contributed by atoms with van der Waals surface area (Å²) in [6.45, 7) is 2.31. The lowest BCUT2D eigenvalue weighted by Crippen LogP contribution is -2.36. The second-order valence-electron chi connectivity index (χ2n) is 5.03. The molecule has 1 heterocycles. The molecule has 0 saturated carbocycles. The zero-order chi connectivity index (χ0) is 15.9. The molecule has 0 bridgehead atoms. The van der Waals surface area contributed by atoms with E-state index in [4.69, 9.17) is 10.2 Å². The number of rotatable bonds is 6. The highest BCUT2D eigenvalue weighted by molar-refractivity contribution is 5.78. The van der Waals surface area contributed by atoms with Gasteiger partial charge in [-0.1, -0.05) is 24.3 Å². The molecule has 0 aliphatic carbocycles. The van der Waals surface area contributed by atoms with Crippen molar-refractivity contribution >= 4 is 11.9 Å². The standard InChI is InChI=1S/C16H19N3O3/c1-11-4-2-3-5-13(11)14(19-16(17)21)8-15(20)18-9-12-6-7-22-10-12/h2-7,10,14H,8-9H2,1H3,(H,18,20)(H3,17,19,21)/t14-/m0/s1. The Labute approximate surface area is 128 Å². The number of aryl methyl sites for hydroxylation is 1. The second-order valence-corrected chi connectivity index (χ2v) is 5.03. The van der Waals surface area contributed by atoms with E-state index in [-0.39, 0.29) is 12.3 Å². The molecule has 22 heavy (non-hydrogen) atoms. The topological polar surface area (TPSA) is 97.4 Å². The second kappa shape index (κ2) is 7.31. The maximum atomic E-state index is 12.1. The zero-order valence-corrected chi connectivity index (χ0v) is 12.3. The monoisotopic (exact) mass is 301 g/mol. The van der Waals surface area contributed by atoms with E-state index >= 15 is 0 Å². The summed E-state index contributed by atoms with van der Waals surface area (Å²) < 4.78 is 4.94. The fourth-order valence-electron chi connectivity index (χ4n) is 2.24. The first-order chi connectivity index (χ1) is 10.6. The van der Waals surface area contributed by atoms with E-state index in [1.165, 1.54) is 0 Å². The normalized spacial score (nSPS) is 11.7. The van der Waals surface area contributed by atoms with Crippen molar-refractivity contribution < 1.29 is 14.0 Å². The summed E-state index contributed by atoms with van der Waals surface area (Å²) in [5, 5.41) is 5.41. The molecule has 4 N–H and O–H groups in total. The Hall–Kier alpha value is -2.76. The van der Waals surface area contributed by atoms with Gasteiger partial charge in [0.15, 0.2) is 0 Å². The summed E-state index contributed by atoms with van der Waals surface area (Å²) in [5.41, 5.74) is 7.96. The van der Waals surface area contributed by atoms with E-state index in [2.05, 4.69) is 10.6 Å². The molecule has 2 rings (SSSR count). The summed E-state index contributed by atoms with van der Waals surface area (Å²) in [6.07, 6.45) is 3.23. The summed E-state index contributed by atoms with van der Waals surface area (Å²) in [4.78, 5) is 23.3. The van der Waals surface area contributed by atoms with Crippen LogP contribution in [0.5, 0.6) is 0 Å². The van der Waals surface area contributed by atoms with Gasteiger partial charge < -0.3 is 20.8 Å². The molecule has 0 aliphatic rings. The van der Waals surface area contributed by atoms with Crippen LogP contribution in [0.2, 0.25) is 0 Å². The van der Waals surface area contributed by atoms with Crippen LogP contribution in [0.15, 0.2) is 47.3 Å². The van der Waals surface area contributed by atoms with Crippen LogP contribution in [-0.4, -0.2) is 11.9 Å². The molecule has 0 unspecified atom stereocenters. The largest absolute Gasteiger partial charge is 0.472 e. The predicted octanol–water partition coefficient (Wildman–Crippen LogP) is 2.00. The Morgan fingerprint density at radius 3 is 2.68 bits per heavy atom. The Balaban J connectivity index is 2.01. The predicted molar refractivity (Wildman–Crippen MR) is 81.8 cm³/mol. The fourth-order valence-corrected chi connectivity index (χ4v) is 2.24. The Morgan fingerprint density at radius 2 is 2.05 bits per heavy atom. The van der Waals surface area contributed by atoms with Gasteiger partial charge in [0.2, 0.25) is 5.91 Å². The quantitative estimate of drug-likeness (QED) is 0.761. The number of carbonyl (C=O) groups excluding carboxylic acids is 2. The van der Waals surface area contributed by atoms with Crippen LogP contribution in [0, 0.1) is 6.92 Å². The number of nitrogens with one attached hydrogen (secondary N) is 2. The molecule has 116 valence electrons. The van der Waals surface area contributed by atoms with Crippen LogP contribution in [0.4, 0.5) is 4.79 Å². The van der Waals surface area contributed by atoms with E-state index in [0.29, 0.717) is 6.54 Å². The van der Waals surface area contributed by atoms with Crippen molar-refractivity contribution in [2.75, 3.05) is 0 Å². The van der Waals surface area contributed by atoms with Gasteiger partial charge in [0, 0.05) is 12.1 Å². The molecule has 0 aliphatic heterocycles. The molecule has 0 radical (unpaired) electrons. The van der Waals surface area contributed by atoms with Crippen molar-refractivity contribution in [1.82, 2.24) is 10.6 Å². The third-order valence-corrected chi connectivity index (χ3v) is 3.34. The van der Waals surface area contributed by atoms with Crippen molar-refractivity contribution in [3.8, 4) is 0 Å². The van der Waals surface area contributed by atoms with Gasteiger partial charge in [0.1, 0.15) is 0 Å². The number of carbonyl (C=O) groups is 2. The van der Waals surface area contributed by atoms with Crippen LogP contribution in [0.25, 0.3) is 0 Å². The SMILES string of the molecule is Cc1ccccc1[C@H](CC(=O)NCc1ccoc1)NC(N)=O. The van der Waals surface area contributed by atoms with Crippen molar-refractivity contribution in [1.29, 1.82) is 0 Å². The molecule has 1 atom stereocenters. The number of furan rings is 1. The lowest BCUT2D eigenvalue weighted by atomic mass is 9.98. The first-order valence-electron chi connectivity index (χ1n) is 6.95. The van der Waals surface area contributed by atoms with Crippen LogP contribution in [0.3, 0.4) is 0 Å². The minimum atomic E-state index is -0.657. The number of hydrogen-bond donors (Lipinski definition) is 3. The van der Waals surface area contributed by atoms with Gasteiger partial charge in [-0.15, -0.1) is 0 Å². The number of primary amides is 1. The Bertz CT molecular complexity index is 638. The molecule has 6 heteroatoms. The maximum Gasteiger partial charge on any atom is 0.312 e. The molecular formula is C16H19N3O3. The molecule has 2 aromatic rings. The summed E-state index contributed by atoms with van der Waals surface area (Å²) in [7, 11) is 0. The first-order valence-corrected chi connectivity index (χ1v) is 6.95. The summed E-state index contributed by atoms with van der Waals surface area (Å²) in [5.74, 6) is -0.178. The van der Waals surface area contributed by atoms with Crippen molar-refractivity contribution in [2.45, 2.75) is 25.9 Å². The van der Waals surface area contributed by atoms with E-state index in [0.717, 1.165) is 16.7 Å². The highest BCUT2D eigenvalue weighted by Crippen LogP contribution is 2.20. The van der Waals surface area contributed by atoms with Gasteiger partial charge in [-0.25, -0.2) is 4.79 Å².